The summed E-state index contributed by atoms with van der Waals surface area (Å²) < 4.78 is 13.9. The smallest absolute Gasteiger partial charge is 0.238 e. The van der Waals surface area contributed by atoms with Gasteiger partial charge in [0.25, 0.3) is 0 Å². The number of imide groups is 1. The van der Waals surface area contributed by atoms with Gasteiger partial charge in [0, 0.05) is 0 Å². The standard InChI is InChI=1S/C16H14FNO2/c17-11-3-1-2-4-12(11)18-15(19)13-9-5-6-10(8-7-9)14(13)16(18)20/h1-6,9-10,13-14H,7-8H2/t9-,10+,13-,14-/m1/s1. The van der Waals surface area contributed by atoms with E-state index in [0.29, 0.717) is 0 Å². The second-order valence-electron chi connectivity index (χ2n) is 5.80. The second-order valence-corrected chi connectivity index (χ2v) is 5.80. The van der Waals surface area contributed by atoms with E-state index < -0.39 is 5.82 Å². The molecule has 1 aliphatic heterocycles. The van der Waals surface area contributed by atoms with Gasteiger partial charge in [0.05, 0.1) is 17.5 Å². The van der Waals surface area contributed by atoms with Gasteiger partial charge in [0.15, 0.2) is 0 Å². The Labute approximate surface area is 116 Å². The van der Waals surface area contributed by atoms with Crippen LogP contribution < -0.4 is 4.90 Å². The van der Waals surface area contributed by atoms with Crippen molar-refractivity contribution in [1.29, 1.82) is 0 Å². The van der Waals surface area contributed by atoms with Crippen molar-refractivity contribution in [3.63, 3.8) is 0 Å². The minimum atomic E-state index is -0.520. The van der Waals surface area contributed by atoms with Gasteiger partial charge in [-0.2, -0.15) is 0 Å². The highest BCUT2D eigenvalue weighted by Gasteiger charge is 2.57. The summed E-state index contributed by atoms with van der Waals surface area (Å²) in [6.07, 6.45) is 6.02. The molecule has 4 heteroatoms. The number of allylic oxidation sites excluding steroid dienone is 2. The first kappa shape index (κ1) is 11.8. The topological polar surface area (TPSA) is 37.4 Å². The van der Waals surface area contributed by atoms with Crippen molar-refractivity contribution in [1.82, 2.24) is 0 Å². The van der Waals surface area contributed by atoms with Crippen LogP contribution in [-0.2, 0) is 9.59 Å². The van der Waals surface area contributed by atoms with Crippen molar-refractivity contribution in [2.75, 3.05) is 4.90 Å². The van der Waals surface area contributed by atoms with Gasteiger partial charge in [0.1, 0.15) is 5.82 Å². The highest BCUT2D eigenvalue weighted by molar-refractivity contribution is 6.22. The van der Waals surface area contributed by atoms with Crippen molar-refractivity contribution in [2.45, 2.75) is 12.8 Å². The van der Waals surface area contributed by atoms with Crippen LogP contribution in [0, 0.1) is 29.5 Å². The predicted octanol–water partition coefficient (Wildman–Crippen LogP) is 2.53. The molecule has 0 aromatic heterocycles. The van der Waals surface area contributed by atoms with Crippen molar-refractivity contribution in [3.05, 3.63) is 42.2 Å². The first-order valence-corrected chi connectivity index (χ1v) is 6.99. The lowest BCUT2D eigenvalue weighted by atomic mass is 9.63. The third kappa shape index (κ3) is 1.39. The molecule has 1 heterocycles. The van der Waals surface area contributed by atoms with E-state index in [9.17, 15) is 14.0 Å². The molecule has 1 saturated carbocycles. The molecule has 20 heavy (non-hydrogen) atoms. The third-order valence-electron chi connectivity index (χ3n) is 4.85. The second kappa shape index (κ2) is 4.01. The molecule has 102 valence electrons. The Morgan fingerprint density at radius 1 is 0.950 bits per heavy atom. The number of amides is 2. The molecule has 0 N–H and O–H groups in total. The number of nitrogens with zero attached hydrogens (tertiary/aromatic N) is 1. The number of fused-ring (bicyclic) bond motifs is 1. The molecular formula is C16H14FNO2. The van der Waals surface area contributed by atoms with E-state index in [0.717, 1.165) is 17.7 Å². The summed E-state index contributed by atoms with van der Waals surface area (Å²) in [6, 6.07) is 5.98. The maximum absolute atomic E-state index is 13.9. The van der Waals surface area contributed by atoms with Crippen LogP contribution in [0.3, 0.4) is 0 Å². The Balaban J connectivity index is 1.80. The Kier molecular flexibility index (Phi) is 2.37. The van der Waals surface area contributed by atoms with Crippen LogP contribution >= 0.6 is 0 Å². The fraction of sp³-hybridized carbons (Fsp3) is 0.375. The zero-order chi connectivity index (χ0) is 13.9. The molecule has 0 unspecified atom stereocenters. The Morgan fingerprint density at radius 2 is 1.50 bits per heavy atom. The lowest BCUT2D eigenvalue weighted by Crippen LogP contribution is -2.38. The van der Waals surface area contributed by atoms with E-state index >= 15 is 0 Å². The summed E-state index contributed by atoms with van der Waals surface area (Å²) in [5, 5.41) is 0. The van der Waals surface area contributed by atoms with E-state index in [2.05, 4.69) is 12.2 Å². The molecular weight excluding hydrogens is 257 g/mol. The van der Waals surface area contributed by atoms with E-state index in [1.165, 1.54) is 12.1 Å². The minimum Gasteiger partial charge on any atom is -0.274 e. The van der Waals surface area contributed by atoms with Gasteiger partial charge in [-0.3, -0.25) is 9.59 Å². The summed E-state index contributed by atoms with van der Waals surface area (Å²) in [6.45, 7) is 0. The van der Waals surface area contributed by atoms with Gasteiger partial charge in [0.2, 0.25) is 11.8 Å². The van der Waals surface area contributed by atoms with Crippen LogP contribution in [0.15, 0.2) is 36.4 Å². The molecule has 2 bridgehead atoms. The minimum absolute atomic E-state index is 0.0938. The van der Waals surface area contributed by atoms with E-state index in [1.807, 2.05) is 0 Å². The molecule has 4 aliphatic rings. The molecule has 0 radical (unpaired) electrons. The third-order valence-corrected chi connectivity index (χ3v) is 4.85. The normalized spacial score (nSPS) is 34.8. The maximum atomic E-state index is 13.9. The number of anilines is 1. The van der Waals surface area contributed by atoms with Crippen molar-refractivity contribution in [2.24, 2.45) is 23.7 Å². The summed E-state index contributed by atoms with van der Waals surface area (Å²) in [4.78, 5) is 26.3. The average Bonchev–Trinajstić information content (AvgIpc) is 2.75. The van der Waals surface area contributed by atoms with Crippen LogP contribution in [0.2, 0.25) is 0 Å². The van der Waals surface area contributed by atoms with Gasteiger partial charge in [-0.05, 0) is 36.8 Å². The van der Waals surface area contributed by atoms with Crippen molar-refractivity contribution in [3.8, 4) is 0 Å². The Hall–Kier alpha value is -1.97. The molecule has 3 nitrogen and oxygen atoms in total. The summed E-state index contributed by atoms with van der Waals surface area (Å²) >= 11 is 0. The monoisotopic (exact) mass is 271 g/mol. The van der Waals surface area contributed by atoms with Gasteiger partial charge < -0.3 is 0 Å². The summed E-state index contributed by atoms with van der Waals surface area (Å²) in [5.41, 5.74) is 0.0938. The average molecular weight is 271 g/mol. The molecule has 0 spiro atoms. The van der Waals surface area contributed by atoms with Gasteiger partial charge in [-0.1, -0.05) is 24.3 Å². The first-order chi connectivity index (χ1) is 9.68. The number of para-hydroxylation sites is 1. The number of carbonyl (C=O) groups is 2. The lowest BCUT2D eigenvalue weighted by molar-refractivity contribution is -0.124. The molecule has 1 saturated heterocycles. The Morgan fingerprint density at radius 3 is 2.00 bits per heavy atom. The van der Waals surface area contributed by atoms with Gasteiger partial charge >= 0.3 is 0 Å². The number of hydrogen-bond donors (Lipinski definition) is 0. The molecule has 2 fully saturated rings. The number of rotatable bonds is 1. The Bertz CT molecular complexity index is 607. The number of halogens is 1. The van der Waals surface area contributed by atoms with Gasteiger partial charge in [-0.25, -0.2) is 9.29 Å². The fourth-order valence-corrected chi connectivity index (χ4v) is 3.94. The van der Waals surface area contributed by atoms with Crippen LogP contribution in [0.5, 0.6) is 0 Å². The first-order valence-electron chi connectivity index (χ1n) is 6.99. The van der Waals surface area contributed by atoms with Crippen molar-refractivity contribution < 1.29 is 14.0 Å². The molecule has 1 aromatic carbocycles. The van der Waals surface area contributed by atoms with E-state index in [-0.39, 0.29) is 41.2 Å². The van der Waals surface area contributed by atoms with Crippen LogP contribution in [-0.4, -0.2) is 11.8 Å². The number of benzene rings is 1. The summed E-state index contributed by atoms with van der Waals surface area (Å²) in [5.74, 6) is -1.28. The summed E-state index contributed by atoms with van der Waals surface area (Å²) in [7, 11) is 0. The molecule has 1 aromatic rings. The van der Waals surface area contributed by atoms with Crippen LogP contribution in [0.4, 0.5) is 10.1 Å². The highest BCUT2D eigenvalue weighted by Crippen LogP contribution is 2.50. The SMILES string of the molecule is O=C1[C@H]2[C@H](C(=O)N1c1ccccc1F)[C@H]1C=C[C@@H]2CC1. The van der Waals surface area contributed by atoms with E-state index in [1.54, 1.807) is 12.1 Å². The molecule has 5 rings (SSSR count). The zero-order valence-electron chi connectivity index (χ0n) is 10.8. The van der Waals surface area contributed by atoms with Crippen LogP contribution in [0.1, 0.15) is 12.8 Å². The molecule has 2 amide bonds. The van der Waals surface area contributed by atoms with Gasteiger partial charge in [-0.15, -0.1) is 0 Å². The zero-order valence-corrected chi connectivity index (χ0v) is 10.8. The quantitative estimate of drug-likeness (QED) is 0.581. The maximum Gasteiger partial charge on any atom is 0.238 e. The molecule has 4 atom stereocenters. The van der Waals surface area contributed by atoms with Crippen molar-refractivity contribution >= 4 is 17.5 Å². The number of hydrogen-bond acceptors (Lipinski definition) is 2. The fourth-order valence-electron chi connectivity index (χ4n) is 3.94. The highest BCUT2D eigenvalue weighted by atomic mass is 19.1. The number of carbonyl (C=O) groups excluding carboxylic acids is 2. The molecule has 3 aliphatic carbocycles. The van der Waals surface area contributed by atoms with E-state index in [4.69, 9.17) is 0 Å². The lowest BCUT2D eigenvalue weighted by Gasteiger charge is -2.38. The predicted molar refractivity (Wildman–Crippen MR) is 71.2 cm³/mol. The largest absolute Gasteiger partial charge is 0.274 e. The van der Waals surface area contributed by atoms with Crippen LogP contribution in [0.25, 0.3) is 0 Å².